The van der Waals surface area contributed by atoms with Gasteiger partial charge in [-0.05, 0) is 59.7 Å². The van der Waals surface area contributed by atoms with E-state index in [1.165, 1.54) is 18.2 Å². The molecular formula is C30H22F3N3O2. The Morgan fingerprint density at radius 1 is 0.763 bits per heavy atom. The fourth-order valence-corrected chi connectivity index (χ4v) is 3.62. The molecule has 0 fully saturated rings. The molecule has 0 unspecified atom stereocenters. The summed E-state index contributed by atoms with van der Waals surface area (Å²) in [7, 11) is 0. The van der Waals surface area contributed by atoms with Crippen molar-refractivity contribution in [3.8, 4) is 23.0 Å². The Bertz CT molecular complexity index is 1490. The number of halogens is 3. The van der Waals surface area contributed by atoms with Gasteiger partial charge >= 0.3 is 6.18 Å². The van der Waals surface area contributed by atoms with E-state index in [0.717, 1.165) is 17.7 Å². The molecule has 0 saturated heterocycles. The topological polar surface area (TPSA) is 70.2 Å². The third kappa shape index (κ3) is 6.87. The van der Waals surface area contributed by atoms with Gasteiger partial charge in [-0.3, -0.25) is 15.0 Å². The first-order chi connectivity index (χ1) is 18.3. The molecule has 4 aromatic rings. The van der Waals surface area contributed by atoms with Gasteiger partial charge in [0.15, 0.2) is 0 Å². The number of alkyl halides is 3. The molecule has 0 radical (unpaired) electrons. The Labute approximate surface area is 217 Å². The minimum atomic E-state index is -4.45. The first-order valence-electron chi connectivity index (χ1n) is 11.6. The van der Waals surface area contributed by atoms with E-state index in [1.807, 2.05) is 30.3 Å². The number of nitrogens with one attached hydrogen (secondary N) is 3. The summed E-state index contributed by atoms with van der Waals surface area (Å²) in [6.45, 7) is 0.234. The molecule has 0 aliphatic heterocycles. The molecule has 0 saturated carbocycles. The SMILES string of the molecule is O=C(NNCC#Cc1ccccc1)c1cccc(NC(=O)c2ccccc2-c2ccc(C(F)(F)F)cc2)c1. The molecule has 4 aromatic carbocycles. The maximum atomic E-state index is 13.1. The van der Waals surface area contributed by atoms with Crippen molar-refractivity contribution in [2.24, 2.45) is 0 Å². The summed E-state index contributed by atoms with van der Waals surface area (Å²) >= 11 is 0. The van der Waals surface area contributed by atoms with E-state index < -0.39 is 23.6 Å². The van der Waals surface area contributed by atoms with Crippen LogP contribution in [-0.4, -0.2) is 18.4 Å². The van der Waals surface area contributed by atoms with Crippen LogP contribution in [0.4, 0.5) is 18.9 Å². The van der Waals surface area contributed by atoms with E-state index in [1.54, 1.807) is 42.5 Å². The third-order valence-electron chi connectivity index (χ3n) is 5.46. The molecule has 190 valence electrons. The Morgan fingerprint density at radius 2 is 1.47 bits per heavy atom. The number of carbonyl (C=O) groups is 2. The van der Waals surface area contributed by atoms with Gasteiger partial charge in [-0.1, -0.05) is 66.4 Å². The number of hydrogen-bond donors (Lipinski definition) is 3. The molecule has 0 atom stereocenters. The quantitative estimate of drug-likeness (QED) is 0.171. The van der Waals surface area contributed by atoms with Crippen LogP contribution in [-0.2, 0) is 6.18 Å². The van der Waals surface area contributed by atoms with Crippen LogP contribution in [0.2, 0.25) is 0 Å². The average Bonchev–Trinajstić information content (AvgIpc) is 2.93. The van der Waals surface area contributed by atoms with Crippen molar-refractivity contribution in [1.29, 1.82) is 0 Å². The van der Waals surface area contributed by atoms with Crippen LogP contribution >= 0.6 is 0 Å². The molecule has 0 aromatic heterocycles. The van der Waals surface area contributed by atoms with Crippen LogP contribution in [0, 0.1) is 11.8 Å². The summed E-state index contributed by atoms with van der Waals surface area (Å²) < 4.78 is 38.8. The fourth-order valence-electron chi connectivity index (χ4n) is 3.62. The highest BCUT2D eigenvalue weighted by Gasteiger charge is 2.30. The monoisotopic (exact) mass is 513 g/mol. The minimum Gasteiger partial charge on any atom is -0.322 e. The zero-order valence-corrected chi connectivity index (χ0v) is 20.0. The highest BCUT2D eigenvalue weighted by Crippen LogP contribution is 2.32. The number of anilines is 1. The maximum Gasteiger partial charge on any atom is 0.416 e. The number of carbonyl (C=O) groups excluding carboxylic acids is 2. The van der Waals surface area contributed by atoms with E-state index in [4.69, 9.17) is 0 Å². The maximum absolute atomic E-state index is 13.1. The van der Waals surface area contributed by atoms with Gasteiger partial charge in [0.25, 0.3) is 11.8 Å². The van der Waals surface area contributed by atoms with Crippen molar-refractivity contribution >= 4 is 17.5 Å². The predicted octanol–water partition coefficient (Wildman–Crippen LogP) is 5.91. The molecule has 5 nitrogen and oxygen atoms in total. The Morgan fingerprint density at radius 3 is 2.21 bits per heavy atom. The molecule has 2 amide bonds. The first-order valence-corrected chi connectivity index (χ1v) is 11.6. The highest BCUT2D eigenvalue weighted by molar-refractivity contribution is 6.09. The van der Waals surface area contributed by atoms with E-state index in [-0.39, 0.29) is 12.1 Å². The normalized spacial score (nSPS) is 10.7. The standard InChI is InChI=1S/C30H22F3N3O2/c31-30(32,33)24-17-15-22(16-18-24)26-13-4-5-14-27(26)29(38)35-25-12-6-11-23(20-25)28(37)36-34-19-7-10-21-8-2-1-3-9-21/h1-6,8-9,11-18,20,34H,19H2,(H,35,38)(H,36,37). The Kier molecular flexibility index (Phi) is 8.21. The summed E-state index contributed by atoms with van der Waals surface area (Å²) in [5.74, 6) is 5.00. The lowest BCUT2D eigenvalue weighted by Gasteiger charge is -2.12. The zero-order valence-electron chi connectivity index (χ0n) is 20.0. The third-order valence-corrected chi connectivity index (χ3v) is 5.46. The van der Waals surface area contributed by atoms with Crippen LogP contribution in [0.3, 0.4) is 0 Å². The molecule has 4 rings (SSSR count). The molecule has 0 aliphatic carbocycles. The summed E-state index contributed by atoms with van der Waals surface area (Å²) in [6, 6.07) is 27.0. The average molecular weight is 514 g/mol. The van der Waals surface area contributed by atoms with Crippen LogP contribution < -0.4 is 16.2 Å². The largest absolute Gasteiger partial charge is 0.416 e. The van der Waals surface area contributed by atoms with E-state index in [9.17, 15) is 22.8 Å². The second-order valence-corrected chi connectivity index (χ2v) is 8.13. The molecule has 0 heterocycles. The molecule has 38 heavy (non-hydrogen) atoms. The van der Waals surface area contributed by atoms with Gasteiger partial charge in [0.05, 0.1) is 12.1 Å². The van der Waals surface area contributed by atoms with Gasteiger partial charge in [-0.25, -0.2) is 5.43 Å². The number of benzene rings is 4. The van der Waals surface area contributed by atoms with Crippen LogP contribution in [0.1, 0.15) is 31.8 Å². The number of rotatable bonds is 6. The number of amides is 2. The smallest absolute Gasteiger partial charge is 0.322 e. The van der Waals surface area contributed by atoms with Crippen molar-refractivity contribution in [3.05, 3.63) is 125 Å². The first kappa shape index (κ1) is 26.2. The van der Waals surface area contributed by atoms with Gasteiger partial charge in [0.1, 0.15) is 0 Å². The Hall–Kier alpha value is -4.87. The summed E-state index contributed by atoms with van der Waals surface area (Å²) in [5.41, 5.74) is 7.32. The van der Waals surface area contributed by atoms with Gasteiger partial charge in [-0.15, -0.1) is 0 Å². The lowest BCUT2D eigenvalue weighted by atomic mass is 9.98. The fraction of sp³-hybridized carbons (Fsp3) is 0.0667. The van der Waals surface area contributed by atoms with Gasteiger partial charge in [-0.2, -0.15) is 13.2 Å². The molecule has 0 aliphatic rings. The molecule has 0 bridgehead atoms. The van der Waals surface area contributed by atoms with Crippen molar-refractivity contribution in [2.45, 2.75) is 6.18 Å². The second-order valence-electron chi connectivity index (χ2n) is 8.13. The van der Waals surface area contributed by atoms with Crippen molar-refractivity contribution < 1.29 is 22.8 Å². The lowest BCUT2D eigenvalue weighted by Crippen LogP contribution is -2.37. The minimum absolute atomic E-state index is 0.234. The second kappa shape index (κ2) is 11.9. The lowest BCUT2D eigenvalue weighted by molar-refractivity contribution is -0.137. The van der Waals surface area contributed by atoms with Crippen molar-refractivity contribution in [3.63, 3.8) is 0 Å². The van der Waals surface area contributed by atoms with Crippen LogP contribution in [0.5, 0.6) is 0 Å². The summed E-state index contributed by atoms with van der Waals surface area (Å²) in [6.07, 6.45) is -4.45. The van der Waals surface area contributed by atoms with Crippen molar-refractivity contribution in [2.75, 3.05) is 11.9 Å². The van der Waals surface area contributed by atoms with E-state index in [2.05, 4.69) is 28.0 Å². The van der Waals surface area contributed by atoms with Gasteiger partial charge in [0, 0.05) is 22.4 Å². The van der Waals surface area contributed by atoms with Crippen molar-refractivity contribution in [1.82, 2.24) is 10.9 Å². The van der Waals surface area contributed by atoms with Gasteiger partial charge < -0.3 is 5.32 Å². The molecule has 3 N–H and O–H groups in total. The summed E-state index contributed by atoms with van der Waals surface area (Å²) in [5, 5.41) is 2.75. The highest BCUT2D eigenvalue weighted by atomic mass is 19.4. The van der Waals surface area contributed by atoms with E-state index in [0.29, 0.717) is 22.4 Å². The zero-order chi connectivity index (χ0) is 27.0. The molecule has 0 spiro atoms. The molecular weight excluding hydrogens is 491 g/mol. The van der Waals surface area contributed by atoms with Gasteiger partial charge in [0.2, 0.25) is 0 Å². The number of hydrazine groups is 1. The predicted molar refractivity (Wildman–Crippen MR) is 140 cm³/mol. The molecule has 8 heteroatoms. The van der Waals surface area contributed by atoms with Crippen LogP contribution in [0.25, 0.3) is 11.1 Å². The Balaban J connectivity index is 1.40. The van der Waals surface area contributed by atoms with E-state index >= 15 is 0 Å². The number of hydrogen-bond acceptors (Lipinski definition) is 3. The summed E-state index contributed by atoms with van der Waals surface area (Å²) in [4.78, 5) is 25.6. The van der Waals surface area contributed by atoms with Crippen LogP contribution in [0.15, 0.2) is 103 Å².